The minimum absolute atomic E-state index is 0.279. The van der Waals surface area contributed by atoms with E-state index < -0.39 is 5.54 Å². The van der Waals surface area contributed by atoms with Crippen molar-refractivity contribution in [2.45, 2.75) is 19.4 Å². The van der Waals surface area contributed by atoms with Crippen LogP contribution in [0.5, 0.6) is 0 Å². The number of rotatable bonds is 8. The average Bonchev–Trinajstić information content (AvgIpc) is 2.47. The number of benzene rings is 1. The molecule has 5 nitrogen and oxygen atoms in total. The Labute approximate surface area is 127 Å². The number of hydrogen-bond acceptors (Lipinski definition) is 5. The van der Waals surface area contributed by atoms with Crippen LogP contribution in [0.15, 0.2) is 24.3 Å². The van der Waals surface area contributed by atoms with Gasteiger partial charge in [-0.15, -0.1) is 0 Å². The van der Waals surface area contributed by atoms with Crippen LogP contribution in [0.2, 0.25) is 0 Å². The number of nitrogens with one attached hydrogen (secondary N) is 1. The molecule has 0 spiro atoms. The molecule has 21 heavy (non-hydrogen) atoms. The molecule has 1 unspecified atom stereocenters. The zero-order valence-electron chi connectivity index (χ0n) is 13.6. The monoisotopic (exact) mass is 294 g/mol. The summed E-state index contributed by atoms with van der Waals surface area (Å²) in [6, 6.07) is 7.88. The first-order valence-corrected chi connectivity index (χ1v) is 7.14. The van der Waals surface area contributed by atoms with Crippen molar-refractivity contribution in [3.05, 3.63) is 29.8 Å². The summed E-state index contributed by atoms with van der Waals surface area (Å²) in [6.45, 7) is 5.11. The second-order valence-corrected chi connectivity index (χ2v) is 5.21. The van der Waals surface area contributed by atoms with Crippen molar-refractivity contribution in [1.82, 2.24) is 5.32 Å². The van der Waals surface area contributed by atoms with Gasteiger partial charge in [0.1, 0.15) is 5.54 Å². The summed E-state index contributed by atoms with van der Waals surface area (Å²) in [6.07, 6.45) is 0. The number of carbonyl (C=O) groups is 1. The molecule has 0 aliphatic rings. The van der Waals surface area contributed by atoms with Crippen LogP contribution in [0.1, 0.15) is 19.4 Å². The lowest BCUT2D eigenvalue weighted by molar-refractivity contribution is -0.151. The number of ether oxygens (including phenoxy) is 2. The maximum Gasteiger partial charge on any atom is 0.330 e. The molecule has 0 radical (unpaired) electrons. The molecule has 0 amide bonds. The van der Waals surface area contributed by atoms with E-state index in [1.165, 1.54) is 0 Å². The second-order valence-electron chi connectivity index (χ2n) is 5.21. The van der Waals surface area contributed by atoms with E-state index in [4.69, 9.17) is 9.47 Å². The van der Waals surface area contributed by atoms with Gasteiger partial charge in [0.2, 0.25) is 0 Å². The van der Waals surface area contributed by atoms with E-state index in [9.17, 15) is 4.79 Å². The van der Waals surface area contributed by atoms with Crippen LogP contribution in [0.25, 0.3) is 0 Å². The molecule has 0 heterocycles. The van der Waals surface area contributed by atoms with Gasteiger partial charge in [-0.1, -0.05) is 12.1 Å². The maximum absolute atomic E-state index is 12.3. The average molecular weight is 294 g/mol. The van der Waals surface area contributed by atoms with Crippen molar-refractivity contribution in [3.8, 4) is 0 Å². The van der Waals surface area contributed by atoms with E-state index in [-0.39, 0.29) is 5.97 Å². The van der Waals surface area contributed by atoms with Gasteiger partial charge in [-0.25, -0.2) is 4.79 Å². The van der Waals surface area contributed by atoms with Gasteiger partial charge < -0.3 is 14.4 Å². The van der Waals surface area contributed by atoms with E-state index in [1.54, 1.807) is 7.11 Å². The summed E-state index contributed by atoms with van der Waals surface area (Å²) < 4.78 is 10.3. The van der Waals surface area contributed by atoms with Gasteiger partial charge in [-0.2, -0.15) is 0 Å². The lowest BCUT2D eigenvalue weighted by Crippen LogP contribution is -2.48. The molecule has 0 aliphatic heterocycles. The van der Waals surface area contributed by atoms with Crippen molar-refractivity contribution in [2.75, 3.05) is 45.9 Å². The minimum atomic E-state index is -0.876. The predicted molar refractivity (Wildman–Crippen MR) is 84.6 cm³/mol. The van der Waals surface area contributed by atoms with E-state index in [0.29, 0.717) is 19.8 Å². The number of carbonyl (C=O) groups excluding carboxylic acids is 1. The first kappa shape index (κ1) is 17.5. The van der Waals surface area contributed by atoms with Gasteiger partial charge >= 0.3 is 5.97 Å². The first-order valence-electron chi connectivity index (χ1n) is 7.14. The Kier molecular flexibility index (Phi) is 6.65. The van der Waals surface area contributed by atoms with Crippen molar-refractivity contribution in [1.29, 1.82) is 0 Å². The van der Waals surface area contributed by atoms with Crippen LogP contribution < -0.4 is 10.2 Å². The first-order chi connectivity index (χ1) is 9.95. The molecule has 0 saturated carbocycles. The zero-order chi connectivity index (χ0) is 15.9. The van der Waals surface area contributed by atoms with Crippen LogP contribution in [-0.2, 0) is 19.8 Å². The predicted octanol–water partition coefficient (Wildman–Crippen LogP) is 1.77. The smallest absolute Gasteiger partial charge is 0.330 e. The number of anilines is 1. The van der Waals surface area contributed by atoms with Crippen LogP contribution in [0, 0.1) is 0 Å². The normalized spacial score (nSPS) is 13.6. The highest BCUT2D eigenvalue weighted by atomic mass is 16.5. The minimum Gasteiger partial charge on any atom is -0.464 e. The summed E-state index contributed by atoms with van der Waals surface area (Å²) in [4.78, 5) is 14.4. The van der Waals surface area contributed by atoms with Gasteiger partial charge in [-0.3, -0.25) is 5.32 Å². The highest BCUT2D eigenvalue weighted by Gasteiger charge is 2.36. The van der Waals surface area contributed by atoms with E-state index in [0.717, 1.165) is 11.3 Å². The molecular formula is C16H26N2O3. The molecule has 1 rings (SSSR count). The molecule has 1 aromatic carbocycles. The second kappa shape index (κ2) is 8.00. The van der Waals surface area contributed by atoms with Crippen LogP contribution in [-0.4, -0.2) is 46.9 Å². The molecule has 1 N–H and O–H groups in total. The summed E-state index contributed by atoms with van der Waals surface area (Å²) in [5, 5.41) is 3.23. The number of nitrogens with zero attached hydrogens (tertiary/aromatic N) is 1. The molecule has 0 bridgehead atoms. The molecule has 5 heteroatoms. The maximum atomic E-state index is 12.3. The topological polar surface area (TPSA) is 50.8 Å². The molecule has 1 atom stereocenters. The third-order valence-corrected chi connectivity index (χ3v) is 3.43. The fourth-order valence-corrected chi connectivity index (χ4v) is 2.06. The lowest BCUT2D eigenvalue weighted by Gasteiger charge is -2.29. The molecule has 0 saturated heterocycles. The Morgan fingerprint density at radius 1 is 1.29 bits per heavy atom. The van der Waals surface area contributed by atoms with Gasteiger partial charge in [-0.05, 0) is 31.5 Å². The standard InChI is InChI=1S/C16H26N2O3/c1-6-21-15(19)16(2,17-11-12-20-5)13-7-9-14(10-8-13)18(3)4/h7-10,17H,6,11-12H2,1-5H3. The van der Waals surface area contributed by atoms with Crippen LogP contribution in [0.3, 0.4) is 0 Å². The SMILES string of the molecule is CCOC(=O)C(C)(NCCOC)c1ccc(N(C)C)cc1. The molecular weight excluding hydrogens is 268 g/mol. The largest absolute Gasteiger partial charge is 0.464 e. The lowest BCUT2D eigenvalue weighted by atomic mass is 9.91. The Bertz CT molecular complexity index is 445. The van der Waals surface area contributed by atoms with Gasteiger partial charge in [0, 0.05) is 33.4 Å². The third kappa shape index (κ3) is 4.44. The highest BCUT2D eigenvalue weighted by molar-refractivity contribution is 5.82. The fourth-order valence-electron chi connectivity index (χ4n) is 2.06. The molecule has 1 aromatic rings. The quantitative estimate of drug-likeness (QED) is 0.585. The summed E-state index contributed by atoms with van der Waals surface area (Å²) >= 11 is 0. The number of methoxy groups -OCH3 is 1. The van der Waals surface area contributed by atoms with Gasteiger partial charge in [0.25, 0.3) is 0 Å². The zero-order valence-corrected chi connectivity index (χ0v) is 13.6. The molecule has 0 aliphatic carbocycles. The van der Waals surface area contributed by atoms with E-state index >= 15 is 0 Å². The van der Waals surface area contributed by atoms with Crippen LogP contribution >= 0.6 is 0 Å². The van der Waals surface area contributed by atoms with Crippen LogP contribution in [0.4, 0.5) is 5.69 Å². The number of esters is 1. The van der Waals surface area contributed by atoms with Gasteiger partial charge in [0.05, 0.1) is 13.2 Å². The Balaban J connectivity index is 3.01. The Morgan fingerprint density at radius 2 is 1.90 bits per heavy atom. The third-order valence-electron chi connectivity index (χ3n) is 3.43. The fraction of sp³-hybridized carbons (Fsp3) is 0.562. The summed E-state index contributed by atoms with van der Waals surface area (Å²) in [7, 11) is 5.60. The molecule has 0 aromatic heterocycles. The van der Waals surface area contributed by atoms with Crippen molar-refractivity contribution in [3.63, 3.8) is 0 Å². The van der Waals surface area contributed by atoms with E-state index in [1.807, 2.05) is 57.1 Å². The van der Waals surface area contributed by atoms with Crippen molar-refractivity contribution < 1.29 is 14.3 Å². The van der Waals surface area contributed by atoms with Crippen molar-refractivity contribution in [2.24, 2.45) is 0 Å². The van der Waals surface area contributed by atoms with Gasteiger partial charge in [0.15, 0.2) is 0 Å². The summed E-state index contributed by atoms with van der Waals surface area (Å²) in [5.41, 5.74) is 1.09. The van der Waals surface area contributed by atoms with Crippen molar-refractivity contribution >= 4 is 11.7 Å². The molecule has 0 fully saturated rings. The number of hydrogen-bond donors (Lipinski definition) is 1. The Hall–Kier alpha value is -1.59. The highest BCUT2D eigenvalue weighted by Crippen LogP contribution is 2.25. The Morgan fingerprint density at radius 3 is 2.38 bits per heavy atom. The van der Waals surface area contributed by atoms with E-state index in [2.05, 4.69) is 5.32 Å². The summed E-state index contributed by atoms with van der Waals surface area (Å²) in [5.74, 6) is -0.279. The molecule has 118 valence electrons.